The zero-order valence-corrected chi connectivity index (χ0v) is 17.1. The molecule has 3 fully saturated rings. The van der Waals surface area contributed by atoms with Gasteiger partial charge in [-0.2, -0.15) is 8.42 Å². The first-order valence-corrected chi connectivity index (χ1v) is 11.1. The van der Waals surface area contributed by atoms with E-state index in [0.29, 0.717) is 6.61 Å². The van der Waals surface area contributed by atoms with Gasteiger partial charge in [0.15, 0.2) is 0 Å². The lowest BCUT2D eigenvalue weighted by molar-refractivity contribution is -0.197. The lowest BCUT2D eigenvalue weighted by atomic mass is 9.64. The van der Waals surface area contributed by atoms with Crippen molar-refractivity contribution in [3.05, 3.63) is 65.2 Å². The van der Waals surface area contributed by atoms with Gasteiger partial charge >= 0.3 is 5.97 Å². The van der Waals surface area contributed by atoms with Gasteiger partial charge in [0.25, 0.3) is 10.1 Å². The minimum absolute atomic E-state index is 0.108. The van der Waals surface area contributed by atoms with Crippen LogP contribution < -0.4 is 0 Å². The molecule has 0 aromatic heterocycles. The number of benzene rings is 2. The topological polar surface area (TPSA) is 89.9 Å². The molecule has 0 amide bonds. The normalized spacial score (nSPS) is 26.4. The van der Waals surface area contributed by atoms with E-state index in [1.165, 1.54) is 0 Å². The standard InChI is InChI=1S/C22H24O6S/c1-16-2-8-19(9-3-16)29(25,26)28-15-21-10-12-22(13-11-21,27-14-21)18-6-4-17(5-7-18)20(23)24/h2-9H,10-15H2,1H3,(H,23,24). The van der Waals surface area contributed by atoms with E-state index in [4.69, 9.17) is 14.0 Å². The molecule has 1 saturated carbocycles. The average Bonchev–Trinajstić information content (AvgIpc) is 2.74. The fraction of sp³-hybridized carbons (Fsp3) is 0.409. The number of carboxylic acids is 1. The summed E-state index contributed by atoms with van der Waals surface area (Å²) in [6.45, 7) is 2.44. The summed E-state index contributed by atoms with van der Waals surface area (Å²) < 4.78 is 36.7. The van der Waals surface area contributed by atoms with Crippen LogP contribution in [-0.4, -0.2) is 32.7 Å². The molecule has 5 rings (SSSR count). The minimum Gasteiger partial charge on any atom is -0.478 e. The highest BCUT2D eigenvalue weighted by atomic mass is 32.2. The van der Waals surface area contributed by atoms with Crippen LogP contribution in [0.15, 0.2) is 53.4 Å². The Balaban J connectivity index is 1.43. The van der Waals surface area contributed by atoms with Crippen molar-refractivity contribution in [3.8, 4) is 0 Å². The molecule has 0 atom stereocenters. The fourth-order valence-electron chi connectivity index (χ4n) is 4.21. The fourth-order valence-corrected chi connectivity index (χ4v) is 5.22. The molecule has 2 saturated heterocycles. The van der Waals surface area contributed by atoms with E-state index in [0.717, 1.165) is 36.8 Å². The maximum absolute atomic E-state index is 12.5. The van der Waals surface area contributed by atoms with E-state index in [-0.39, 0.29) is 22.5 Å². The van der Waals surface area contributed by atoms with Gasteiger partial charge in [-0.1, -0.05) is 29.8 Å². The van der Waals surface area contributed by atoms with Crippen molar-refractivity contribution in [2.24, 2.45) is 5.41 Å². The summed E-state index contributed by atoms with van der Waals surface area (Å²) in [5, 5.41) is 9.08. The zero-order valence-electron chi connectivity index (χ0n) is 16.3. The highest BCUT2D eigenvalue weighted by Gasteiger charge is 2.51. The molecule has 2 aromatic rings. The van der Waals surface area contributed by atoms with Crippen molar-refractivity contribution < 1.29 is 27.2 Å². The first kappa shape index (κ1) is 20.1. The molecule has 0 radical (unpaired) electrons. The Morgan fingerprint density at radius 2 is 1.66 bits per heavy atom. The predicted octanol–water partition coefficient (Wildman–Crippen LogP) is 3.88. The van der Waals surface area contributed by atoms with Gasteiger partial charge in [0.05, 0.1) is 29.3 Å². The molecule has 7 heteroatoms. The average molecular weight is 416 g/mol. The number of aryl methyl sites for hydroxylation is 1. The number of hydrogen-bond donors (Lipinski definition) is 1. The Labute approximate surface area is 170 Å². The summed E-state index contributed by atoms with van der Waals surface area (Å²) in [7, 11) is -3.80. The van der Waals surface area contributed by atoms with Crippen molar-refractivity contribution >= 4 is 16.1 Å². The number of carbonyl (C=O) groups is 1. The minimum atomic E-state index is -3.80. The lowest BCUT2D eigenvalue weighted by Crippen LogP contribution is -2.51. The molecule has 0 spiro atoms. The summed E-state index contributed by atoms with van der Waals surface area (Å²) in [6, 6.07) is 13.5. The first-order valence-electron chi connectivity index (χ1n) is 9.68. The van der Waals surface area contributed by atoms with Gasteiger partial charge in [-0.15, -0.1) is 0 Å². The van der Waals surface area contributed by atoms with E-state index in [1.54, 1.807) is 36.4 Å². The third-order valence-electron chi connectivity index (χ3n) is 6.26. The Hall–Kier alpha value is -2.22. The van der Waals surface area contributed by atoms with Crippen molar-refractivity contribution in [1.82, 2.24) is 0 Å². The van der Waals surface area contributed by atoms with Crippen LogP contribution in [0.1, 0.15) is 47.2 Å². The molecule has 3 aliphatic rings. The molecular weight excluding hydrogens is 392 g/mol. The molecule has 2 bridgehead atoms. The Morgan fingerprint density at radius 3 is 2.17 bits per heavy atom. The van der Waals surface area contributed by atoms with Crippen molar-refractivity contribution in [1.29, 1.82) is 0 Å². The summed E-state index contributed by atoms with van der Waals surface area (Å²) in [6.07, 6.45) is 3.12. The van der Waals surface area contributed by atoms with Crippen LogP contribution in [0.2, 0.25) is 0 Å². The predicted molar refractivity (Wildman–Crippen MR) is 106 cm³/mol. The van der Waals surface area contributed by atoms with Gasteiger partial charge in [-0.3, -0.25) is 4.18 Å². The third-order valence-corrected chi connectivity index (χ3v) is 7.54. The van der Waals surface area contributed by atoms with Gasteiger partial charge in [0.1, 0.15) is 0 Å². The number of aromatic carboxylic acids is 1. The zero-order chi connectivity index (χ0) is 20.7. The van der Waals surface area contributed by atoms with Crippen molar-refractivity contribution in [2.75, 3.05) is 13.2 Å². The maximum atomic E-state index is 12.5. The smallest absolute Gasteiger partial charge is 0.335 e. The Kier molecular flexibility index (Phi) is 5.01. The van der Waals surface area contributed by atoms with Gasteiger partial charge in [-0.25, -0.2) is 4.79 Å². The molecule has 1 N–H and O–H groups in total. The van der Waals surface area contributed by atoms with Crippen LogP contribution in [-0.2, 0) is 24.6 Å². The van der Waals surface area contributed by atoms with E-state index in [9.17, 15) is 13.2 Å². The molecule has 154 valence electrons. The van der Waals surface area contributed by atoms with Crippen LogP contribution >= 0.6 is 0 Å². The van der Waals surface area contributed by atoms with E-state index in [1.807, 2.05) is 19.1 Å². The number of fused-ring (bicyclic) bond motifs is 3. The molecule has 2 heterocycles. The number of hydrogen-bond acceptors (Lipinski definition) is 5. The van der Waals surface area contributed by atoms with Crippen molar-refractivity contribution in [2.45, 2.75) is 43.1 Å². The van der Waals surface area contributed by atoms with Crippen LogP contribution in [0, 0.1) is 12.3 Å². The van der Waals surface area contributed by atoms with Gasteiger partial charge < -0.3 is 9.84 Å². The lowest BCUT2D eigenvalue weighted by Gasteiger charge is -2.53. The SMILES string of the molecule is Cc1ccc(S(=O)(=O)OCC23CCC(c4ccc(C(=O)O)cc4)(CC2)OC3)cc1. The molecule has 0 unspecified atom stereocenters. The van der Waals surface area contributed by atoms with Crippen LogP contribution in [0.4, 0.5) is 0 Å². The third kappa shape index (κ3) is 3.82. The highest BCUT2D eigenvalue weighted by Crippen LogP contribution is 2.53. The van der Waals surface area contributed by atoms with Gasteiger partial charge in [-0.05, 0) is 62.4 Å². The van der Waals surface area contributed by atoms with Gasteiger partial charge in [0, 0.05) is 5.41 Å². The largest absolute Gasteiger partial charge is 0.478 e. The quantitative estimate of drug-likeness (QED) is 0.719. The van der Waals surface area contributed by atoms with E-state index in [2.05, 4.69) is 0 Å². The van der Waals surface area contributed by atoms with Crippen LogP contribution in [0.5, 0.6) is 0 Å². The van der Waals surface area contributed by atoms with Gasteiger partial charge in [0.2, 0.25) is 0 Å². The van der Waals surface area contributed by atoms with Crippen LogP contribution in [0.3, 0.4) is 0 Å². The van der Waals surface area contributed by atoms with E-state index < -0.39 is 21.7 Å². The summed E-state index contributed by atoms with van der Waals surface area (Å²) in [5.41, 5.74) is 1.49. The monoisotopic (exact) mass is 416 g/mol. The Bertz CT molecular complexity index is 984. The second-order valence-corrected chi connectivity index (χ2v) is 9.81. The molecule has 29 heavy (non-hydrogen) atoms. The number of carboxylic acid groups (broad SMARTS) is 1. The van der Waals surface area contributed by atoms with Crippen LogP contribution in [0.25, 0.3) is 0 Å². The molecule has 1 aliphatic carbocycles. The summed E-state index contributed by atoms with van der Waals surface area (Å²) in [4.78, 5) is 11.2. The molecule has 2 aromatic carbocycles. The maximum Gasteiger partial charge on any atom is 0.335 e. The summed E-state index contributed by atoms with van der Waals surface area (Å²) >= 11 is 0. The highest BCUT2D eigenvalue weighted by molar-refractivity contribution is 7.86. The Morgan fingerprint density at radius 1 is 1.03 bits per heavy atom. The summed E-state index contributed by atoms with van der Waals surface area (Å²) in [5.74, 6) is -0.951. The van der Waals surface area contributed by atoms with Crippen molar-refractivity contribution in [3.63, 3.8) is 0 Å². The number of rotatable bonds is 6. The molecule has 6 nitrogen and oxygen atoms in total. The van der Waals surface area contributed by atoms with E-state index >= 15 is 0 Å². The molecular formula is C22H24O6S. The second-order valence-electron chi connectivity index (χ2n) is 8.19. The first-order chi connectivity index (χ1) is 13.7. The molecule has 2 aliphatic heterocycles. The number of ether oxygens (including phenoxy) is 1. The second kappa shape index (κ2) is 7.23.